The highest BCUT2D eigenvalue weighted by atomic mass is 35.5. The maximum atomic E-state index is 5.87. The van der Waals surface area contributed by atoms with Crippen LogP contribution in [0.5, 0.6) is 0 Å². The molecule has 0 fully saturated rings. The fourth-order valence-corrected chi connectivity index (χ4v) is 1.92. The fraction of sp³-hybridized carbons (Fsp3) is 0.667. The van der Waals surface area contributed by atoms with Crippen molar-refractivity contribution in [2.75, 3.05) is 0 Å². The van der Waals surface area contributed by atoms with Gasteiger partial charge in [-0.3, -0.25) is 0 Å². The van der Waals surface area contributed by atoms with Gasteiger partial charge in [-0.05, 0) is 31.4 Å². The Bertz CT molecular complexity index is 306. The van der Waals surface area contributed by atoms with E-state index in [0.717, 1.165) is 11.3 Å². The van der Waals surface area contributed by atoms with Gasteiger partial charge in [0.05, 0.1) is 5.69 Å². The molecule has 0 aliphatic carbocycles. The summed E-state index contributed by atoms with van der Waals surface area (Å²) in [5.41, 5.74) is 2.12. The standard InChI is InChI=1S/C12H19ClN2/c1-4-6-10(7-5-2)11-8-9(3)12(13)15-14-11/h8,10H,4-7H2,1-3H3. The Morgan fingerprint density at radius 3 is 2.27 bits per heavy atom. The number of rotatable bonds is 5. The average molecular weight is 227 g/mol. The van der Waals surface area contributed by atoms with Crippen LogP contribution in [0.15, 0.2) is 6.07 Å². The molecule has 0 amide bonds. The Labute approximate surface area is 97.1 Å². The summed E-state index contributed by atoms with van der Waals surface area (Å²) in [6.07, 6.45) is 4.75. The van der Waals surface area contributed by atoms with Gasteiger partial charge in [0.15, 0.2) is 5.15 Å². The molecule has 0 unspecified atom stereocenters. The van der Waals surface area contributed by atoms with Crippen LogP contribution in [0.1, 0.15) is 56.7 Å². The van der Waals surface area contributed by atoms with E-state index in [-0.39, 0.29) is 0 Å². The van der Waals surface area contributed by atoms with Gasteiger partial charge in [0.25, 0.3) is 0 Å². The van der Waals surface area contributed by atoms with E-state index in [0.29, 0.717) is 11.1 Å². The molecule has 1 rings (SSSR count). The summed E-state index contributed by atoms with van der Waals surface area (Å²) >= 11 is 5.87. The predicted octanol–water partition coefficient (Wildman–Crippen LogP) is 4.12. The summed E-state index contributed by atoms with van der Waals surface area (Å²) in [6.45, 7) is 6.40. The van der Waals surface area contributed by atoms with Crippen molar-refractivity contribution in [2.45, 2.75) is 52.4 Å². The highest BCUT2D eigenvalue weighted by Crippen LogP contribution is 2.25. The summed E-state index contributed by atoms with van der Waals surface area (Å²) in [6, 6.07) is 2.07. The molecule has 1 heterocycles. The average Bonchev–Trinajstić information content (AvgIpc) is 2.22. The molecule has 1 aromatic rings. The number of nitrogens with zero attached hydrogens (tertiary/aromatic N) is 2. The van der Waals surface area contributed by atoms with Crippen LogP contribution in [0.3, 0.4) is 0 Å². The zero-order valence-electron chi connectivity index (χ0n) is 9.76. The predicted molar refractivity (Wildman–Crippen MR) is 64.3 cm³/mol. The second-order valence-electron chi connectivity index (χ2n) is 4.02. The van der Waals surface area contributed by atoms with Crippen molar-refractivity contribution in [1.82, 2.24) is 10.2 Å². The van der Waals surface area contributed by atoms with Crippen LogP contribution in [0.25, 0.3) is 0 Å². The van der Waals surface area contributed by atoms with Crippen molar-refractivity contribution in [3.05, 3.63) is 22.5 Å². The summed E-state index contributed by atoms with van der Waals surface area (Å²) in [5, 5.41) is 8.69. The van der Waals surface area contributed by atoms with Gasteiger partial charge in [-0.25, -0.2) is 0 Å². The number of hydrogen-bond acceptors (Lipinski definition) is 2. The molecule has 0 aliphatic rings. The summed E-state index contributed by atoms with van der Waals surface area (Å²) in [4.78, 5) is 0. The molecule has 0 saturated carbocycles. The van der Waals surface area contributed by atoms with Gasteiger partial charge in [-0.1, -0.05) is 38.3 Å². The number of aromatic nitrogens is 2. The van der Waals surface area contributed by atoms with E-state index < -0.39 is 0 Å². The Morgan fingerprint density at radius 2 is 1.80 bits per heavy atom. The van der Waals surface area contributed by atoms with E-state index in [9.17, 15) is 0 Å². The fourth-order valence-electron chi connectivity index (χ4n) is 1.83. The zero-order valence-corrected chi connectivity index (χ0v) is 10.5. The number of halogens is 1. The Balaban J connectivity index is 2.85. The molecule has 0 atom stereocenters. The van der Waals surface area contributed by atoms with Crippen molar-refractivity contribution >= 4 is 11.6 Å². The first kappa shape index (κ1) is 12.4. The second-order valence-corrected chi connectivity index (χ2v) is 4.38. The van der Waals surface area contributed by atoms with Crippen molar-refractivity contribution in [1.29, 1.82) is 0 Å². The molecule has 0 N–H and O–H groups in total. The molecular formula is C12H19ClN2. The molecule has 84 valence electrons. The zero-order chi connectivity index (χ0) is 11.3. The molecule has 1 aromatic heterocycles. The smallest absolute Gasteiger partial charge is 0.154 e. The van der Waals surface area contributed by atoms with Crippen molar-refractivity contribution in [3.63, 3.8) is 0 Å². The van der Waals surface area contributed by atoms with E-state index in [4.69, 9.17) is 11.6 Å². The van der Waals surface area contributed by atoms with Crippen LogP contribution in [-0.2, 0) is 0 Å². The summed E-state index contributed by atoms with van der Waals surface area (Å²) in [7, 11) is 0. The van der Waals surface area contributed by atoms with Gasteiger partial charge in [-0.15, -0.1) is 5.10 Å². The molecule has 0 saturated heterocycles. The lowest BCUT2D eigenvalue weighted by Crippen LogP contribution is -2.03. The third-order valence-electron chi connectivity index (χ3n) is 2.64. The monoisotopic (exact) mass is 226 g/mol. The highest BCUT2D eigenvalue weighted by molar-refractivity contribution is 6.30. The molecule has 15 heavy (non-hydrogen) atoms. The SMILES string of the molecule is CCCC(CCC)c1cc(C)c(Cl)nn1. The second kappa shape index (κ2) is 6.06. The van der Waals surface area contributed by atoms with Crippen LogP contribution in [0, 0.1) is 6.92 Å². The molecule has 0 aromatic carbocycles. The van der Waals surface area contributed by atoms with Gasteiger partial charge in [0, 0.05) is 5.92 Å². The van der Waals surface area contributed by atoms with E-state index >= 15 is 0 Å². The maximum Gasteiger partial charge on any atom is 0.154 e. The van der Waals surface area contributed by atoms with Crippen LogP contribution < -0.4 is 0 Å². The van der Waals surface area contributed by atoms with Crippen molar-refractivity contribution in [2.24, 2.45) is 0 Å². The molecule has 0 spiro atoms. The first-order valence-corrected chi connectivity index (χ1v) is 6.06. The van der Waals surface area contributed by atoms with Gasteiger partial charge in [0.2, 0.25) is 0 Å². The normalized spacial score (nSPS) is 11.0. The van der Waals surface area contributed by atoms with Gasteiger partial charge in [0.1, 0.15) is 0 Å². The lowest BCUT2D eigenvalue weighted by Gasteiger charge is -2.14. The van der Waals surface area contributed by atoms with Crippen molar-refractivity contribution in [3.8, 4) is 0 Å². The van der Waals surface area contributed by atoms with Crippen LogP contribution in [0.4, 0.5) is 0 Å². The molecule has 3 heteroatoms. The van der Waals surface area contributed by atoms with Gasteiger partial charge in [-0.2, -0.15) is 5.10 Å². The third kappa shape index (κ3) is 3.45. The highest BCUT2D eigenvalue weighted by Gasteiger charge is 2.12. The van der Waals surface area contributed by atoms with Crippen LogP contribution in [0.2, 0.25) is 5.15 Å². The first-order chi connectivity index (χ1) is 7.19. The van der Waals surface area contributed by atoms with Gasteiger partial charge >= 0.3 is 0 Å². The Hall–Kier alpha value is -0.630. The molecule has 0 radical (unpaired) electrons. The molecule has 0 aliphatic heterocycles. The Morgan fingerprint density at radius 1 is 1.20 bits per heavy atom. The minimum absolute atomic E-state index is 0.519. The summed E-state index contributed by atoms with van der Waals surface area (Å²) in [5.74, 6) is 0.545. The lowest BCUT2D eigenvalue weighted by atomic mass is 9.94. The quantitative estimate of drug-likeness (QED) is 0.755. The summed E-state index contributed by atoms with van der Waals surface area (Å²) < 4.78 is 0. The molecular weight excluding hydrogens is 208 g/mol. The molecule has 2 nitrogen and oxygen atoms in total. The van der Waals surface area contributed by atoms with Gasteiger partial charge < -0.3 is 0 Å². The largest absolute Gasteiger partial charge is 0.154 e. The maximum absolute atomic E-state index is 5.87. The minimum atomic E-state index is 0.519. The number of hydrogen-bond donors (Lipinski definition) is 0. The van der Waals surface area contributed by atoms with Crippen LogP contribution in [-0.4, -0.2) is 10.2 Å². The van der Waals surface area contributed by atoms with Crippen molar-refractivity contribution < 1.29 is 0 Å². The lowest BCUT2D eigenvalue weighted by molar-refractivity contribution is 0.541. The van der Waals surface area contributed by atoms with E-state index in [1.807, 2.05) is 6.92 Å². The minimum Gasteiger partial charge on any atom is -0.154 e. The first-order valence-electron chi connectivity index (χ1n) is 5.68. The van der Waals surface area contributed by atoms with E-state index in [2.05, 4.69) is 30.1 Å². The number of aryl methyl sites for hydroxylation is 1. The third-order valence-corrected chi connectivity index (χ3v) is 3.01. The van der Waals surface area contributed by atoms with E-state index in [1.54, 1.807) is 0 Å². The topological polar surface area (TPSA) is 25.8 Å². The van der Waals surface area contributed by atoms with Crippen LogP contribution >= 0.6 is 11.6 Å². The Kier molecular flexibility index (Phi) is 5.03. The van der Waals surface area contributed by atoms with E-state index in [1.165, 1.54) is 25.7 Å². The molecule has 0 bridgehead atoms.